The van der Waals surface area contributed by atoms with Crippen LogP contribution in [0.4, 0.5) is 5.69 Å². The monoisotopic (exact) mass is 545 g/mol. The Kier molecular flexibility index (Phi) is 12.1. The van der Waals surface area contributed by atoms with Gasteiger partial charge >= 0.3 is 0 Å². The second-order valence-corrected chi connectivity index (χ2v) is 9.05. The number of pyridine rings is 1. The number of rotatable bonds is 14. The van der Waals surface area contributed by atoms with Crippen molar-refractivity contribution in [2.75, 3.05) is 11.9 Å². The van der Waals surface area contributed by atoms with Crippen LogP contribution in [0.5, 0.6) is 0 Å². The first-order valence-electron chi connectivity index (χ1n) is 12.3. The molecule has 0 saturated carbocycles. The smallest absolute Gasteiger partial charge is 0.274 e. The minimum atomic E-state index is -1.01. The van der Waals surface area contributed by atoms with Crippen molar-refractivity contribution in [2.24, 2.45) is 23.8 Å². The zero-order valence-electron chi connectivity index (χ0n) is 21.8. The highest BCUT2D eigenvalue weighted by molar-refractivity contribution is 7.80. The van der Waals surface area contributed by atoms with Gasteiger partial charge < -0.3 is 30.8 Å². The number of nitrogens with zero attached hydrogens (tertiary/aromatic N) is 4. The van der Waals surface area contributed by atoms with Gasteiger partial charge in [0.1, 0.15) is 24.0 Å². The van der Waals surface area contributed by atoms with Crippen LogP contribution in [-0.2, 0) is 23.2 Å². The average molecular weight is 546 g/mol. The molecule has 0 aliphatic carbocycles. The molecule has 206 valence electrons. The van der Waals surface area contributed by atoms with Crippen molar-refractivity contribution in [3.8, 4) is 0 Å². The van der Waals surface area contributed by atoms with E-state index in [0.29, 0.717) is 12.5 Å². The van der Waals surface area contributed by atoms with Crippen LogP contribution >= 0.6 is 12.2 Å². The Morgan fingerprint density at radius 1 is 1.26 bits per heavy atom. The van der Waals surface area contributed by atoms with E-state index in [1.807, 2.05) is 0 Å². The van der Waals surface area contributed by atoms with Crippen LogP contribution in [0.3, 0.4) is 0 Å². The van der Waals surface area contributed by atoms with Crippen LogP contribution in [0, 0.1) is 5.92 Å². The normalized spacial score (nSPS) is 11.8. The lowest BCUT2D eigenvalue weighted by Gasteiger charge is -2.18. The highest BCUT2D eigenvalue weighted by Crippen LogP contribution is 2.07. The summed E-state index contributed by atoms with van der Waals surface area (Å²) in [5.74, 6) is -1.05. The maximum atomic E-state index is 13.1. The Morgan fingerprint density at radius 2 is 2.00 bits per heavy atom. The molecule has 2 heterocycles. The van der Waals surface area contributed by atoms with E-state index in [4.69, 9.17) is 5.73 Å². The number of hydrogen-bond acceptors (Lipinski definition) is 7. The predicted molar refractivity (Wildman–Crippen MR) is 149 cm³/mol. The Balaban J connectivity index is 2.12. The van der Waals surface area contributed by atoms with E-state index in [2.05, 4.69) is 57.5 Å². The topological polar surface area (TPSA) is 178 Å². The fraction of sp³-hybridized carbons (Fsp3) is 0.458. The van der Waals surface area contributed by atoms with Crippen molar-refractivity contribution in [2.45, 2.75) is 52.1 Å². The van der Waals surface area contributed by atoms with Gasteiger partial charge in [0.05, 0.1) is 12.5 Å². The maximum Gasteiger partial charge on any atom is 0.274 e. The lowest BCUT2D eigenvalue weighted by molar-refractivity contribution is -0.122. The number of anilines is 1. The minimum absolute atomic E-state index is 0.00960. The van der Waals surface area contributed by atoms with E-state index in [0.717, 1.165) is 12.8 Å². The Labute approximate surface area is 226 Å². The van der Waals surface area contributed by atoms with E-state index >= 15 is 0 Å². The van der Waals surface area contributed by atoms with Gasteiger partial charge in [0.2, 0.25) is 11.8 Å². The minimum Gasteiger partial charge on any atom is -0.375 e. The molecule has 0 fully saturated rings. The third-order valence-corrected chi connectivity index (χ3v) is 5.95. The number of imidazole rings is 1. The molecule has 38 heavy (non-hydrogen) atoms. The van der Waals surface area contributed by atoms with Gasteiger partial charge in [-0.1, -0.05) is 26.7 Å². The highest BCUT2D eigenvalue weighted by atomic mass is 32.1. The number of nitrogens with one attached hydrogen (secondary N) is 4. The molecular formula is C24H35N9O4S. The van der Waals surface area contributed by atoms with Gasteiger partial charge in [-0.15, -0.1) is 0 Å². The lowest BCUT2D eigenvalue weighted by Crippen LogP contribution is -2.45. The summed E-state index contributed by atoms with van der Waals surface area (Å²) < 4.78 is 2.73. The van der Waals surface area contributed by atoms with Crippen LogP contribution in [0.1, 0.15) is 50.0 Å². The predicted octanol–water partition coefficient (Wildman–Crippen LogP) is 0.471. The molecular weight excluding hydrogens is 510 g/mol. The quantitative estimate of drug-likeness (QED) is 0.129. The summed E-state index contributed by atoms with van der Waals surface area (Å²) in [6.07, 6.45) is 8.12. The molecule has 0 unspecified atom stereocenters. The molecule has 3 amide bonds. The fourth-order valence-corrected chi connectivity index (χ4v) is 3.57. The van der Waals surface area contributed by atoms with Gasteiger partial charge in [0.25, 0.3) is 11.5 Å². The molecule has 13 nitrogen and oxygen atoms in total. The molecule has 0 spiro atoms. The molecule has 6 N–H and O–H groups in total. The molecule has 1 atom stereocenters. The first-order chi connectivity index (χ1) is 18.2. The summed E-state index contributed by atoms with van der Waals surface area (Å²) in [5, 5.41) is 11.9. The van der Waals surface area contributed by atoms with E-state index in [1.54, 1.807) is 13.1 Å². The second kappa shape index (κ2) is 15.2. The summed E-state index contributed by atoms with van der Waals surface area (Å²) in [5.41, 5.74) is 7.43. The zero-order chi connectivity index (χ0) is 28.1. The number of aromatic nitrogens is 3. The van der Waals surface area contributed by atoms with Gasteiger partial charge in [-0.3, -0.25) is 24.6 Å². The molecule has 2 aromatic heterocycles. The SMILES string of the molecule is CCC(CC)CNC(=O)Cn1cccc(NC(=O)[C@H](CC/C=N\NC(N)=S)NC(=O)c2cncn2C)c1=O. The standard InChI is InChI=1S/C24H35N9O4S/c1-4-16(5-2)12-27-20(34)14-33-11-7-9-18(23(33)37)30-21(35)17(8-6-10-28-31-24(25)38)29-22(36)19-13-26-15-32(19)3/h7,9-11,13,15-17H,4-6,8,12,14H2,1-3H3,(H,27,34)(H,29,36)(H,30,35)(H3,25,31,38)/b28-10-/t17-/m0/s1. The number of carbonyl (C=O) groups is 3. The number of amides is 3. The van der Waals surface area contributed by atoms with Crippen LogP contribution in [0.25, 0.3) is 0 Å². The van der Waals surface area contributed by atoms with Gasteiger partial charge in [-0.25, -0.2) is 4.98 Å². The molecule has 0 bridgehead atoms. The van der Waals surface area contributed by atoms with Crippen molar-refractivity contribution in [3.05, 3.63) is 46.9 Å². The molecule has 0 saturated heterocycles. The molecule has 0 aliphatic rings. The van der Waals surface area contributed by atoms with E-state index in [9.17, 15) is 19.2 Å². The molecule has 0 aliphatic heterocycles. The second-order valence-electron chi connectivity index (χ2n) is 8.61. The van der Waals surface area contributed by atoms with Crippen molar-refractivity contribution in [3.63, 3.8) is 0 Å². The van der Waals surface area contributed by atoms with Gasteiger partial charge in [-0.05, 0) is 43.1 Å². The van der Waals surface area contributed by atoms with E-state index in [1.165, 1.54) is 40.1 Å². The van der Waals surface area contributed by atoms with Crippen molar-refractivity contribution in [1.82, 2.24) is 30.2 Å². The summed E-state index contributed by atoms with van der Waals surface area (Å²) in [7, 11) is 1.65. The number of aryl methyl sites for hydroxylation is 1. The Hall–Kier alpha value is -4.07. The Bertz CT molecular complexity index is 1200. The molecule has 0 radical (unpaired) electrons. The molecule has 14 heteroatoms. The van der Waals surface area contributed by atoms with Crippen molar-refractivity contribution in [1.29, 1.82) is 0 Å². The van der Waals surface area contributed by atoms with E-state index < -0.39 is 23.4 Å². The third kappa shape index (κ3) is 9.42. The zero-order valence-corrected chi connectivity index (χ0v) is 22.6. The number of hydrazone groups is 1. The lowest BCUT2D eigenvalue weighted by atomic mass is 10.0. The van der Waals surface area contributed by atoms with Crippen LogP contribution in [-0.4, -0.2) is 55.8 Å². The van der Waals surface area contributed by atoms with Crippen LogP contribution < -0.4 is 32.7 Å². The van der Waals surface area contributed by atoms with Gasteiger partial charge in [0.15, 0.2) is 5.11 Å². The number of carbonyl (C=O) groups excluding carboxylic acids is 3. The fourth-order valence-electron chi connectivity index (χ4n) is 3.51. The Morgan fingerprint density at radius 3 is 2.63 bits per heavy atom. The van der Waals surface area contributed by atoms with Crippen LogP contribution in [0.15, 0.2) is 40.7 Å². The summed E-state index contributed by atoms with van der Waals surface area (Å²) in [4.78, 5) is 55.1. The van der Waals surface area contributed by atoms with E-state index in [-0.39, 0.29) is 41.8 Å². The van der Waals surface area contributed by atoms with Gasteiger partial charge in [-0.2, -0.15) is 5.10 Å². The van der Waals surface area contributed by atoms with Crippen molar-refractivity contribution >= 4 is 47.0 Å². The molecule has 2 rings (SSSR count). The first kappa shape index (κ1) is 30.2. The first-order valence-corrected chi connectivity index (χ1v) is 12.7. The largest absolute Gasteiger partial charge is 0.375 e. The summed E-state index contributed by atoms with van der Waals surface area (Å²) in [6, 6.07) is 1.99. The maximum absolute atomic E-state index is 13.1. The summed E-state index contributed by atoms with van der Waals surface area (Å²) in [6.45, 7) is 4.46. The molecule has 2 aromatic rings. The molecule has 0 aromatic carbocycles. The van der Waals surface area contributed by atoms with Gasteiger partial charge in [0, 0.05) is 26.0 Å². The third-order valence-electron chi connectivity index (χ3n) is 5.86. The summed E-state index contributed by atoms with van der Waals surface area (Å²) >= 11 is 4.68. The highest BCUT2D eigenvalue weighted by Gasteiger charge is 2.23. The number of thiocarbonyl (C=S) groups is 1. The van der Waals surface area contributed by atoms with Crippen molar-refractivity contribution < 1.29 is 14.4 Å². The number of nitrogens with two attached hydrogens (primary N) is 1. The van der Waals surface area contributed by atoms with Crippen LogP contribution in [0.2, 0.25) is 0 Å². The number of hydrogen-bond donors (Lipinski definition) is 5. The average Bonchev–Trinajstić information content (AvgIpc) is 3.31.